The first-order valence-electron chi connectivity index (χ1n) is 28.7. The van der Waals surface area contributed by atoms with E-state index in [2.05, 4.69) is 337 Å². The van der Waals surface area contributed by atoms with Gasteiger partial charge in [0.15, 0.2) is 0 Å². The summed E-state index contributed by atoms with van der Waals surface area (Å²) in [4.78, 5) is 0. The summed E-state index contributed by atoms with van der Waals surface area (Å²) in [5.41, 5.74) is 26.7. The van der Waals surface area contributed by atoms with Gasteiger partial charge >= 0.3 is 21.7 Å². The molecule has 0 N–H and O–H groups in total. The molecule has 0 amide bonds. The van der Waals surface area contributed by atoms with Crippen LogP contribution in [-0.4, -0.2) is 8.07 Å². The monoisotopic (exact) mass is 1220 g/mol. The molecule has 13 aromatic rings. The quantitative estimate of drug-likeness (QED) is 0.0614. The Labute approximate surface area is 542 Å². The standard InChI is InChI=1S/C81H63Si.3ClH.Ti/c1-56-57(2)59(4)78(58(56)3)82(79-72(63-38-20-8-21-39-63)50-69(60-32-14-5-15-33-60)51-73(79)64-40-22-9-23-41-64,80-74(65-42-24-10-25-43-65)52-70(61-34-16-6-17-35-61)53-75(80)66-44-26-11-27-45-66)81-76(67-46-28-12-29-47-67)54-71(62-36-18-7-19-37-62)55-77(81)68-48-30-13-31-49-68;;;;/h5-55H,1-4H3;3*1H;/q-1;;;;+4/p-3. The molecule has 0 spiro atoms. The van der Waals surface area contributed by atoms with Crippen LogP contribution in [0.4, 0.5) is 0 Å². The van der Waals surface area contributed by atoms with Crippen molar-refractivity contribution in [1.29, 1.82) is 0 Å². The molecule has 0 atom stereocenters. The Morgan fingerprint density at radius 2 is 0.360 bits per heavy atom. The normalized spacial score (nSPS) is 10.9. The van der Waals surface area contributed by atoms with E-state index in [9.17, 15) is 0 Å². The molecule has 0 fully saturated rings. The number of benzene rings is 12. The number of rotatable bonds is 13. The minimum absolute atomic E-state index is 0. The van der Waals surface area contributed by atoms with Crippen molar-refractivity contribution in [2.45, 2.75) is 27.7 Å². The molecule has 0 heterocycles. The minimum Gasteiger partial charge on any atom is -1.00 e. The van der Waals surface area contributed by atoms with E-state index in [-0.39, 0.29) is 58.9 Å². The molecule has 0 radical (unpaired) electrons. The van der Waals surface area contributed by atoms with Crippen LogP contribution in [0.1, 0.15) is 22.3 Å². The molecule has 0 aliphatic heterocycles. The van der Waals surface area contributed by atoms with Crippen LogP contribution < -0.4 is 58.0 Å². The third kappa shape index (κ3) is 11.5. The third-order valence-corrected chi connectivity index (χ3v) is 22.5. The summed E-state index contributed by atoms with van der Waals surface area (Å²) in [5.74, 6) is 0. The first kappa shape index (κ1) is 62.3. The van der Waals surface area contributed by atoms with E-state index in [1.807, 2.05) is 0 Å². The maximum atomic E-state index is 2.55. The van der Waals surface area contributed by atoms with Gasteiger partial charge < -0.3 is 37.2 Å². The topological polar surface area (TPSA) is 0 Å². The van der Waals surface area contributed by atoms with Crippen molar-refractivity contribution < 1.29 is 58.9 Å². The number of hydrogen-bond donors (Lipinski definition) is 0. The van der Waals surface area contributed by atoms with Gasteiger partial charge in [0.25, 0.3) is 0 Å². The van der Waals surface area contributed by atoms with Gasteiger partial charge in [-0.1, -0.05) is 301 Å². The van der Waals surface area contributed by atoms with Gasteiger partial charge in [-0.2, -0.15) is 22.3 Å². The van der Waals surface area contributed by atoms with Crippen molar-refractivity contribution in [3.63, 3.8) is 0 Å². The van der Waals surface area contributed by atoms with Crippen molar-refractivity contribution in [1.82, 2.24) is 0 Å². The second-order valence-electron chi connectivity index (χ2n) is 21.8. The fraction of sp³-hybridized carbons (Fsp3) is 0.0494. The van der Waals surface area contributed by atoms with Crippen molar-refractivity contribution in [3.8, 4) is 100 Å². The van der Waals surface area contributed by atoms with Crippen molar-refractivity contribution in [2.24, 2.45) is 0 Å². The fourth-order valence-electron chi connectivity index (χ4n) is 13.1. The molecule has 416 valence electrons. The van der Waals surface area contributed by atoms with E-state index in [0.717, 1.165) is 0 Å². The predicted molar refractivity (Wildman–Crippen MR) is 354 cm³/mol. The molecular weight excluding hydrogens is 1160 g/mol. The van der Waals surface area contributed by atoms with E-state index >= 15 is 0 Å². The molecule has 0 aromatic heterocycles. The molecule has 0 aliphatic carbocycles. The van der Waals surface area contributed by atoms with E-state index in [1.165, 1.54) is 143 Å². The van der Waals surface area contributed by atoms with Gasteiger partial charge in [-0.25, -0.2) is 0 Å². The summed E-state index contributed by atoms with van der Waals surface area (Å²) in [6.07, 6.45) is 0. The van der Waals surface area contributed by atoms with Crippen LogP contribution in [0.15, 0.2) is 309 Å². The summed E-state index contributed by atoms with van der Waals surface area (Å²) in [6, 6.07) is 116. The van der Waals surface area contributed by atoms with E-state index in [1.54, 1.807) is 0 Å². The van der Waals surface area contributed by atoms with Gasteiger partial charge in [-0.05, 0) is 152 Å². The Bertz CT molecular complexity index is 3750. The zero-order valence-electron chi connectivity index (χ0n) is 48.6. The molecule has 13 rings (SSSR count). The number of halogens is 3. The van der Waals surface area contributed by atoms with Gasteiger partial charge in [0.1, 0.15) is 8.07 Å². The van der Waals surface area contributed by atoms with E-state index in [4.69, 9.17) is 0 Å². The van der Waals surface area contributed by atoms with E-state index in [0.29, 0.717) is 0 Å². The van der Waals surface area contributed by atoms with Gasteiger partial charge in [0, 0.05) is 0 Å². The molecule has 0 unspecified atom stereocenters. The Morgan fingerprint density at radius 1 is 0.209 bits per heavy atom. The molecule has 0 saturated carbocycles. The summed E-state index contributed by atoms with van der Waals surface area (Å²) < 4.78 is 0. The predicted octanol–water partition coefficient (Wildman–Crippen LogP) is 10.0. The van der Waals surface area contributed by atoms with Crippen LogP contribution in [0.25, 0.3) is 100 Å². The Hall–Kier alpha value is -8.21. The summed E-state index contributed by atoms with van der Waals surface area (Å²) in [7, 11) is -4.14. The first-order valence-corrected chi connectivity index (χ1v) is 30.7. The molecule has 5 heteroatoms. The molecule has 86 heavy (non-hydrogen) atoms. The maximum Gasteiger partial charge on any atom is 4.00 e. The molecule has 0 aliphatic rings. The Morgan fingerprint density at radius 3 is 0.523 bits per heavy atom. The molecule has 0 saturated heterocycles. The summed E-state index contributed by atoms with van der Waals surface area (Å²) in [5, 5.41) is 5.48. The largest absolute Gasteiger partial charge is 4.00 e. The smallest absolute Gasteiger partial charge is 1.00 e. The van der Waals surface area contributed by atoms with Crippen LogP contribution in [0, 0.1) is 27.7 Å². The average molecular weight is 1220 g/mol. The minimum atomic E-state index is -4.14. The van der Waals surface area contributed by atoms with Crippen molar-refractivity contribution >= 4 is 28.8 Å². The zero-order chi connectivity index (χ0) is 55.6. The van der Waals surface area contributed by atoms with Crippen LogP contribution in [0.2, 0.25) is 0 Å². The van der Waals surface area contributed by atoms with Crippen molar-refractivity contribution in [3.05, 3.63) is 332 Å². The zero-order valence-corrected chi connectivity index (χ0v) is 53.4. The SMILES string of the molecule is Cc1c(C)c(C)[c-]([Si](c2c(-c3ccccc3)cc(-c3ccccc3)cc2-c2ccccc2)(c2c(-c3ccccc3)cc(-c3ccccc3)cc2-c2ccccc2)c2c(-c3ccccc3)cc(-c3ccccc3)cc2-c2ccccc2)c1C.[Cl-].[Cl-].[Cl-].[Ti+4]. The van der Waals surface area contributed by atoms with Gasteiger partial charge in [-0.15, -0.1) is 5.19 Å². The fourth-order valence-corrected chi connectivity index (χ4v) is 19.9. The molecule has 0 bridgehead atoms. The second-order valence-corrected chi connectivity index (χ2v) is 25.3. The Kier molecular flexibility index (Phi) is 19.9. The Balaban J connectivity index is 0.00000221. The number of hydrogen-bond acceptors (Lipinski definition) is 0. The van der Waals surface area contributed by atoms with Crippen LogP contribution in [0.3, 0.4) is 0 Å². The molecule has 13 aromatic carbocycles. The molecule has 0 nitrogen and oxygen atoms in total. The second kappa shape index (κ2) is 27.4. The third-order valence-electron chi connectivity index (χ3n) is 17.2. The maximum absolute atomic E-state index is 4.14. The van der Waals surface area contributed by atoms with Crippen LogP contribution in [0.5, 0.6) is 0 Å². The van der Waals surface area contributed by atoms with Crippen LogP contribution >= 0.6 is 0 Å². The van der Waals surface area contributed by atoms with Gasteiger partial charge in [0.2, 0.25) is 0 Å². The summed E-state index contributed by atoms with van der Waals surface area (Å²) in [6.45, 7) is 9.64. The average Bonchev–Trinajstić information content (AvgIpc) is 1.15. The van der Waals surface area contributed by atoms with Crippen LogP contribution in [-0.2, 0) is 21.7 Å². The van der Waals surface area contributed by atoms with Crippen molar-refractivity contribution in [2.75, 3.05) is 0 Å². The van der Waals surface area contributed by atoms with Gasteiger partial charge in [-0.3, -0.25) is 0 Å². The summed E-state index contributed by atoms with van der Waals surface area (Å²) >= 11 is 0. The first-order chi connectivity index (χ1) is 40.4. The van der Waals surface area contributed by atoms with Gasteiger partial charge in [0.05, 0.1) is 0 Å². The molecular formula is C81H63Cl3SiTi. The van der Waals surface area contributed by atoms with E-state index < -0.39 is 8.07 Å².